The molecular weight excluding hydrogens is 316 g/mol. The Labute approximate surface area is 149 Å². The SMILES string of the molecule is CC1(C)CC(=O)C[C@@]2(C)[C@H](CC[C@H]2O[Si](C)(C)C(C)(C)C)C(=O)C1. The number of carbonyl (C=O) groups is 2. The van der Waals surface area contributed by atoms with E-state index in [9.17, 15) is 9.59 Å². The van der Waals surface area contributed by atoms with E-state index in [1.54, 1.807) is 0 Å². The van der Waals surface area contributed by atoms with Crippen LogP contribution in [0.3, 0.4) is 0 Å². The van der Waals surface area contributed by atoms with Gasteiger partial charge in [0, 0.05) is 30.6 Å². The van der Waals surface area contributed by atoms with Crippen molar-refractivity contribution in [2.24, 2.45) is 16.7 Å². The first-order valence-electron chi connectivity index (χ1n) is 9.40. The lowest BCUT2D eigenvalue weighted by atomic mass is 9.65. The molecule has 4 heteroatoms. The fraction of sp³-hybridized carbons (Fsp3) is 0.900. The van der Waals surface area contributed by atoms with Gasteiger partial charge in [-0.1, -0.05) is 41.5 Å². The highest BCUT2D eigenvalue weighted by atomic mass is 28.4. The van der Waals surface area contributed by atoms with E-state index < -0.39 is 8.32 Å². The molecule has 3 atom stereocenters. The molecule has 2 saturated carbocycles. The van der Waals surface area contributed by atoms with Crippen LogP contribution < -0.4 is 0 Å². The molecule has 0 aromatic carbocycles. The number of carbonyl (C=O) groups excluding carboxylic acids is 2. The van der Waals surface area contributed by atoms with Crippen molar-refractivity contribution in [3.63, 3.8) is 0 Å². The van der Waals surface area contributed by atoms with Crippen molar-refractivity contribution < 1.29 is 14.0 Å². The van der Waals surface area contributed by atoms with E-state index in [1.807, 2.05) is 13.8 Å². The van der Waals surface area contributed by atoms with E-state index in [4.69, 9.17) is 4.43 Å². The Balaban J connectivity index is 2.30. The number of fused-ring (bicyclic) bond motifs is 1. The smallest absolute Gasteiger partial charge is 0.192 e. The molecule has 0 heterocycles. The van der Waals surface area contributed by atoms with Gasteiger partial charge in [-0.3, -0.25) is 9.59 Å². The Kier molecular flexibility index (Phi) is 5.00. The molecule has 3 nitrogen and oxygen atoms in total. The Bertz CT molecular complexity index is 529. The van der Waals surface area contributed by atoms with Crippen LogP contribution in [0.15, 0.2) is 0 Å². The number of hydrogen-bond acceptors (Lipinski definition) is 3. The van der Waals surface area contributed by atoms with E-state index >= 15 is 0 Å². The fourth-order valence-corrected chi connectivity index (χ4v) is 5.82. The van der Waals surface area contributed by atoms with E-state index in [0.29, 0.717) is 30.8 Å². The zero-order valence-electron chi connectivity index (χ0n) is 16.9. The first-order chi connectivity index (χ1) is 10.7. The lowest BCUT2D eigenvalue weighted by Crippen LogP contribution is -2.50. The van der Waals surface area contributed by atoms with Gasteiger partial charge in [-0.15, -0.1) is 0 Å². The monoisotopic (exact) mass is 352 g/mol. The van der Waals surface area contributed by atoms with Crippen LogP contribution in [0.5, 0.6) is 0 Å². The maximum atomic E-state index is 12.9. The maximum absolute atomic E-state index is 12.9. The summed E-state index contributed by atoms with van der Waals surface area (Å²) in [5, 5.41) is 0.138. The molecule has 0 aliphatic heterocycles. The molecule has 138 valence electrons. The van der Waals surface area contributed by atoms with Crippen LogP contribution in [-0.2, 0) is 14.0 Å². The largest absolute Gasteiger partial charge is 0.413 e. The van der Waals surface area contributed by atoms with Crippen molar-refractivity contribution in [2.75, 3.05) is 0 Å². The number of hydrogen-bond donors (Lipinski definition) is 0. The van der Waals surface area contributed by atoms with Gasteiger partial charge >= 0.3 is 0 Å². The van der Waals surface area contributed by atoms with Gasteiger partial charge in [0.25, 0.3) is 0 Å². The van der Waals surface area contributed by atoms with Crippen molar-refractivity contribution in [3.05, 3.63) is 0 Å². The zero-order chi connectivity index (χ0) is 18.6. The van der Waals surface area contributed by atoms with Gasteiger partial charge < -0.3 is 4.43 Å². The van der Waals surface area contributed by atoms with Crippen molar-refractivity contribution in [1.82, 2.24) is 0 Å². The van der Waals surface area contributed by atoms with E-state index in [0.717, 1.165) is 12.8 Å². The summed E-state index contributed by atoms with van der Waals surface area (Å²) in [6, 6.07) is 0. The molecule has 0 radical (unpaired) electrons. The Morgan fingerprint density at radius 1 is 1.00 bits per heavy atom. The molecule has 0 aromatic heterocycles. The molecule has 2 rings (SSSR count). The van der Waals surface area contributed by atoms with Crippen LogP contribution in [-0.4, -0.2) is 26.0 Å². The van der Waals surface area contributed by atoms with Crippen LogP contribution in [0.4, 0.5) is 0 Å². The predicted octanol–water partition coefficient (Wildman–Crippen LogP) is 5.14. The quantitative estimate of drug-likeness (QED) is 0.646. The van der Waals surface area contributed by atoms with Gasteiger partial charge in [-0.25, -0.2) is 0 Å². The van der Waals surface area contributed by atoms with Crippen molar-refractivity contribution >= 4 is 19.9 Å². The molecule has 2 aliphatic rings. The van der Waals surface area contributed by atoms with Crippen LogP contribution in [0.1, 0.15) is 73.6 Å². The van der Waals surface area contributed by atoms with E-state index in [2.05, 4.69) is 40.8 Å². The molecule has 0 unspecified atom stereocenters. The predicted molar refractivity (Wildman–Crippen MR) is 101 cm³/mol. The van der Waals surface area contributed by atoms with Gasteiger partial charge in [0.05, 0.1) is 6.10 Å². The number of rotatable bonds is 2. The van der Waals surface area contributed by atoms with Crippen LogP contribution >= 0.6 is 0 Å². The minimum absolute atomic E-state index is 0.0178. The minimum Gasteiger partial charge on any atom is -0.413 e. The summed E-state index contributed by atoms with van der Waals surface area (Å²) in [5.74, 6) is 0.623. The summed E-state index contributed by atoms with van der Waals surface area (Å²) in [5.41, 5.74) is -0.520. The molecular formula is C20H36O3Si. The molecule has 0 amide bonds. The summed E-state index contributed by atoms with van der Waals surface area (Å²) < 4.78 is 6.72. The van der Waals surface area contributed by atoms with Gasteiger partial charge in [-0.2, -0.15) is 0 Å². The highest BCUT2D eigenvalue weighted by Gasteiger charge is 2.55. The van der Waals surface area contributed by atoms with Crippen molar-refractivity contribution in [3.8, 4) is 0 Å². The summed E-state index contributed by atoms with van der Waals surface area (Å²) in [6.07, 6.45) is 3.34. The Morgan fingerprint density at radius 2 is 1.58 bits per heavy atom. The third-order valence-corrected chi connectivity index (χ3v) is 11.3. The van der Waals surface area contributed by atoms with Crippen LogP contribution in [0.25, 0.3) is 0 Å². The average Bonchev–Trinajstić information content (AvgIpc) is 2.61. The third kappa shape index (κ3) is 3.69. The summed E-state index contributed by atoms with van der Waals surface area (Å²) in [6.45, 7) is 17.5. The molecule has 0 bridgehead atoms. The lowest BCUT2D eigenvalue weighted by molar-refractivity contribution is -0.136. The number of ketones is 2. The molecule has 24 heavy (non-hydrogen) atoms. The number of Topliss-reactive ketones (excluding diaryl/α,β-unsaturated/α-hetero) is 2. The molecule has 0 aromatic rings. The molecule has 0 N–H and O–H groups in total. The van der Waals surface area contributed by atoms with Gasteiger partial charge in [0.2, 0.25) is 0 Å². The van der Waals surface area contributed by atoms with Crippen LogP contribution in [0, 0.1) is 16.7 Å². The fourth-order valence-electron chi connectivity index (χ4n) is 4.37. The summed E-state index contributed by atoms with van der Waals surface area (Å²) in [7, 11) is -1.92. The standard InChI is InChI=1S/C20H36O3Si/c1-18(2,3)24(7,8)23-17-10-9-15-16(22)13-19(4,5)11-14(21)12-20(15,17)6/h15,17H,9-13H2,1-8H3/t15-,17-,20+/m1/s1. The summed E-state index contributed by atoms with van der Waals surface area (Å²) >= 11 is 0. The molecule has 2 aliphatic carbocycles. The second kappa shape index (κ2) is 6.05. The second-order valence-corrected chi connectivity index (χ2v) is 15.5. The Hall–Kier alpha value is -0.483. The Morgan fingerprint density at radius 3 is 2.12 bits per heavy atom. The van der Waals surface area contributed by atoms with Gasteiger partial charge in [-0.05, 0) is 36.4 Å². The van der Waals surface area contributed by atoms with Gasteiger partial charge in [0.15, 0.2) is 8.32 Å². The van der Waals surface area contributed by atoms with Crippen molar-refractivity contribution in [2.45, 2.75) is 97.9 Å². The normalized spacial score (nSPS) is 34.7. The van der Waals surface area contributed by atoms with Gasteiger partial charge in [0.1, 0.15) is 11.6 Å². The topological polar surface area (TPSA) is 43.4 Å². The minimum atomic E-state index is -1.92. The lowest BCUT2D eigenvalue weighted by Gasteiger charge is -2.45. The molecule has 0 spiro atoms. The second-order valence-electron chi connectivity index (χ2n) is 10.7. The van der Waals surface area contributed by atoms with Crippen LogP contribution in [0.2, 0.25) is 18.1 Å². The van der Waals surface area contributed by atoms with E-state index in [-0.39, 0.29) is 27.9 Å². The highest BCUT2D eigenvalue weighted by molar-refractivity contribution is 6.74. The van der Waals surface area contributed by atoms with Crippen molar-refractivity contribution in [1.29, 1.82) is 0 Å². The summed E-state index contributed by atoms with van der Waals surface area (Å²) in [4.78, 5) is 25.6. The zero-order valence-corrected chi connectivity index (χ0v) is 17.9. The third-order valence-electron chi connectivity index (χ3n) is 6.79. The molecule has 0 saturated heterocycles. The van der Waals surface area contributed by atoms with E-state index in [1.165, 1.54) is 0 Å². The maximum Gasteiger partial charge on any atom is 0.192 e. The highest BCUT2D eigenvalue weighted by Crippen LogP contribution is 2.53. The first kappa shape index (κ1) is 19.8. The molecule has 2 fully saturated rings. The first-order valence-corrected chi connectivity index (χ1v) is 12.3. The average molecular weight is 353 g/mol.